The Kier molecular flexibility index (Phi) is 4.57. The summed E-state index contributed by atoms with van der Waals surface area (Å²) in [6.07, 6.45) is 1.35. The van der Waals surface area contributed by atoms with Gasteiger partial charge < -0.3 is 5.32 Å². The van der Waals surface area contributed by atoms with Gasteiger partial charge in [-0.1, -0.05) is 47.5 Å². The lowest BCUT2D eigenvalue weighted by molar-refractivity contribution is 0.102. The van der Waals surface area contributed by atoms with Crippen LogP contribution in [0.2, 0.25) is 0 Å². The third-order valence-electron chi connectivity index (χ3n) is 4.67. The topological polar surface area (TPSA) is 63.5 Å². The van der Waals surface area contributed by atoms with E-state index < -0.39 is 5.91 Å². The van der Waals surface area contributed by atoms with Gasteiger partial charge in [-0.05, 0) is 38.0 Å². The van der Waals surface area contributed by atoms with Gasteiger partial charge in [-0.2, -0.15) is 0 Å². The van der Waals surface area contributed by atoms with Crippen molar-refractivity contribution in [2.45, 2.75) is 20.8 Å². The van der Waals surface area contributed by atoms with E-state index in [2.05, 4.69) is 10.3 Å². The van der Waals surface area contributed by atoms with Crippen molar-refractivity contribution in [3.8, 4) is 11.3 Å². The summed E-state index contributed by atoms with van der Waals surface area (Å²) in [7, 11) is 0. The van der Waals surface area contributed by atoms with Gasteiger partial charge in [0.2, 0.25) is 0 Å². The Morgan fingerprint density at radius 1 is 1.04 bits per heavy atom. The van der Waals surface area contributed by atoms with Crippen LogP contribution in [-0.2, 0) is 0 Å². The number of thiazole rings is 1. The van der Waals surface area contributed by atoms with E-state index in [1.165, 1.54) is 21.9 Å². The number of benzene rings is 2. The molecule has 0 bridgehead atoms. The normalized spacial score (nSPS) is 11.0. The lowest BCUT2D eigenvalue weighted by Crippen LogP contribution is -2.26. The van der Waals surface area contributed by atoms with E-state index >= 15 is 0 Å². The van der Waals surface area contributed by atoms with Gasteiger partial charge in [0.1, 0.15) is 5.56 Å². The minimum atomic E-state index is -0.458. The number of carbonyl (C=O) groups is 1. The van der Waals surface area contributed by atoms with Crippen molar-refractivity contribution >= 4 is 27.9 Å². The van der Waals surface area contributed by atoms with Crippen LogP contribution < -0.4 is 10.9 Å². The highest BCUT2D eigenvalue weighted by Gasteiger charge is 2.17. The number of nitrogens with one attached hydrogen (secondary N) is 1. The first-order valence-electron chi connectivity index (χ1n) is 8.89. The summed E-state index contributed by atoms with van der Waals surface area (Å²) in [5.41, 5.74) is 5.17. The molecular weight excluding hydrogens is 370 g/mol. The lowest BCUT2D eigenvalue weighted by Gasteiger charge is -2.09. The molecule has 0 saturated heterocycles. The van der Waals surface area contributed by atoms with Crippen molar-refractivity contribution in [1.29, 1.82) is 0 Å². The van der Waals surface area contributed by atoms with E-state index in [0.717, 1.165) is 27.9 Å². The predicted octanol–water partition coefficient (Wildman–Crippen LogP) is 4.60. The number of nitrogens with zero attached hydrogens (tertiary/aromatic N) is 2. The maximum Gasteiger partial charge on any atom is 0.271 e. The molecule has 0 aliphatic carbocycles. The summed E-state index contributed by atoms with van der Waals surface area (Å²) >= 11 is 1.38. The molecule has 6 heteroatoms. The van der Waals surface area contributed by atoms with Crippen LogP contribution in [0.3, 0.4) is 0 Å². The number of fused-ring (bicyclic) bond motifs is 1. The predicted molar refractivity (Wildman–Crippen MR) is 113 cm³/mol. The zero-order chi connectivity index (χ0) is 19.8. The number of carbonyl (C=O) groups excluding carboxylic acids is 1. The molecule has 1 N–H and O–H groups in total. The third kappa shape index (κ3) is 3.23. The van der Waals surface area contributed by atoms with Gasteiger partial charge in [-0.25, -0.2) is 4.98 Å². The quantitative estimate of drug-likeness (QED) is 0.557. The minimum absolute atomic E-state index is 0.0178. The smallest absolute Gasteiger partial charge is 0.271 e. The van der Waals surface area contributed by atoms with Gasteiger partial charge in [0.25, 0.3) is 11.5 Å². The molecule has 1 amide bonds. The molecule has 0 atom stereocenters. The van der Waals surface area contributed by atoms with Crippen LogP contribution in [0.25, 0.3) is 16.2 Å². The molecule has 0 saturated carbocycles. The zero-order valence-electron chi connectivity index (χ0n) is 15.8. The highest BCUT2D eigenvalue weighted by Crippen LogP contribution is 2.24. The average molecular weight is 389 g/mol. The van der Waals surface area contributed by atoms with Crippen molar-refractivity contribution in [3.63, 3.8) is 0 Å². The van der Waals surface area contributed by atoms with Gasteiger partial charge >= 0.3 is 0 Å². The molecule has 0 radical (unpaired) electrons. The first kappa shape index (κ1) is 18.1. The fourth-order valence-corrected chi connectivity index (χ4v) is 3.98. The first-order valence-corrected chi connectivity index (χ1v) is 9.77. The zero-order valence-corrected chi connectivity index (χ0v) is 16.6. The molecule has 4 aromatic rings. The summed E-state index contributed by atoms with van der Waals surface area (Å²) < 4.78 is 1.51. The molecule has 4 rings (SSSR count). The number of anilines is 1. The molecule has 2 heterocycles. The van der Waals surface area contributed by atoms with Crippen LogP contribution in [0.15, 0.2) is 58.8 Å². The first-order chi connectivity index (χ1) is 13.4. The molecule has 0 unspecified atom stereocenters. The molecule has 0 aliphatic rings. The van der Waals surface area contributed by atoms with Crippen LogP contribution in [0.1, 0.15) is 27.0 Å². The SMILES string of the molecule is Cc1ccc(-c2csc3ncc(C(=O)Nc4ccc(C)cc4C)c(=O)n23)cc1. The monoisotopic (exact) mass is 389 g/mol. The Morgan fingerprint density at radius 3 is 2.46 bits per heavy atom. The number of aromatic nitrogens is 2. The third-order valence-corrected chi connectivity index (χ3v) is 5.51. The molecule has 0 fully saturated rings. The lowest BCUT2D eigenvalue weighted by atomic mass is 10.1. The summed E-state index contributed by atoms with van der Waals surface area (Å²) in [4.78, 5) is 30.7. The van der Waals surface area contributed by atoms with Crippen LogP contribution in [0, 0.1) is 20.8 Å². The Balaban J connectivity index is 1.77. The van der Waals surface area contributed by atoms with Gasteiger partial charge in [-0.3, -0.25) is 14.0 Å². The molecule has 2 aromatic carbocycles. The van der Waals surface area contributed by atoms with Crippen molar-refractivity contribution in [2.24, 2.45) is 0 Å². The number of hydrogen-bond acceptors (Lipinski definition) is 4. The fourth-order valence-electron chi connectivity index (χ4n) is 3.12. The fraction of sp³-hybridized carbons (Fsp3) is 0.136. The van der Waals surface area contributed by atoms with E-state index in [1.54, 1.807) is 0 Å². The highest BCUT2D eigenvalue weighted by molar-refractivity contribution is 7.15. The van der Waals surface area contributed by atoms with Crippen molar-refractivity contribution in [2.75, 3.05) is 5.32 Å². The summed E-state index contributed by atoms with van der Waals surface area (Å²) in [6.45, 7) is 5.93. The van der Waals surface area contributed by atoms with Crippen molar-refractivity contribution < 1.29 is 4.79 Å². The number of rotatable bonds is 3. The van der Waals surface area contributed by atoms with E-state index in [4.69, 9.17) is 0 Å². The standard InChI is InChI=1S/C22H19N3O2S/c1-13-4-7-16(8-5-13)19-12-28-22-23-11-17(21(27)25(19)22)20(26)24-18-9-6-14(2)10-15(18)3/h4-12H,1-3H3,(H,24,26). The molecule has 0 spiro atoms. The van der Waals surface area contributed by atoms with Crippen LogP contribution in [0.4, 0.5) is 5.69 Å². The molecule has 0 aliphatic heterocycles. The van der Waals surface area contributed by atoms with Gasteiger partial charge in [0, 0.05) is 17.3 Å². The van der Waals surface area contributed by atoms with E-state index in [0.29, 0.717) is 10.6 Å². The molecule has 2 aromatic heterocycles. The molecule has 5 nitrogen and oxygen atoms in total. The summed E-state index contributed by atoms with van der Waals surface area (Å²) in [5, 5.41) is 4.72. The molecule has 28 heavy (non-hydrogen) atoms. The van der Waals surface area contributed by atoms with Gasteiger partial charge in [0.15, 0.2) is 4.96 Å². The summed E-state index contributed by atoms with van der Waals surface area (Å²) in [6, 6.07) is 13.7. The van der Waals surface area contributed by atoms with E-state index in [-0.39, 0.29) is 11.1 Å². The second kappa shape index (κ2) is 7.05. The maximum atomic E-state index is 13.1. The number of aryl methyl sites for hydroxylation is 3. The van der Waals surface area contributed by atoms with Gasteiger partial charge in [-0.15, -0.1) is 11.3 Å². The Morgan fingerprint density at radius 2 is 1.75 bits per heavy atom. The van der Waals surface area contributed by atoms with Crippen LogP contribution >= 0.6 is 11.3 Å². The van der Waals surface area contributed by atoms with Crippen molar-refractivity contribution in [3.05, 3.63) is 86.6 Å². The highest BCUT2D eigenvalue weighted by atomic mass is 32.1. The second-order valence-corrected chi connectivity index (χ2v) is 7.69. The average Bonchev–Trinajstić information content (AvgIpc) is 3.10. The molecule has 140 valence electrons. The Hall–Kier alpha value is -3.25. The van der Waals surface area contributed by atoms with E-state index in [1.807, 2.05) is 68.6 Å². The van der Waals surface area contributed by atoms with Crippen LogP contribution in [0.5, 0.6) is 0 Å². The van der Waals surface area contributed by atoms with E-state index in [9.17, 15) is 9.59 Å². The number of amides is 1. The van der Waals surface area contributed by atoms with Crippen LogP contribution in [-0.4, -0.2) is 15.3 Å². The molecular formula is C22H19N3O2S. The second-order valence-electron chi connectivity index (χ2n) is 6.85. The Labute approximate surface area is 166 Å². The largest absolute Gasteiger partial charge is 0.322 e. The van der Waals surface area contributed by atoms with Crippen molar-refractivity contribution in [1.82, 2.24) is 9.38 Å². The van der Waals surface area contributed by atoms with Gasteiger partial charge in [0.05, 0.1) is 5.69 Å². The minimum Gasteiger partial charge on any atom is -0.322 e. The summed E-state index contributed by atoms with van der Waals surface area (Å²) in [5.74, 6) is -0.458. The number of hydrogen-bond donors (Lipinski definition) is 1. The Bertz CT molecular complexity index is 1250. The maximum absolute atomic E-state index is 13.1.